The van der Waals surface area contributed by atoms with Crippen molar-refractivity contribution in [3.05, 3.63) is 36.4 Å². The monoisotopic (exact) mass is 270 g/mol. The van der Waals surface area contributed by atoms with Crippen LogP contribution >= 0.6 is 0 Å². The van der Waals surface area contributed by atoms with Gasteiger partial charge in [0.05, 0.1) is 5.69 Å². The Morgan fingerprint density at radius 1 is 1.16 bits per heavy atom. The summed E-state index contributed by atoms with van der Waals surface area (Å²) in [5, 5.41) is 10.6. The van der Waals surface area contributed by atoms with E-state index in [1.165, 1.54) is 0 Å². The molecule has 0 heterocycles. The number of aromatic hydroxyl groups is 1. The van der Waals surface area contributed by atoms with Crippen LogP contribution in [0.2, 0.25) is 0 Å². The van der Waals surface area contributed by atoms with Gasteiger partial charge in [-0.2, -0.15) is 0 Å². The number of amides is 2. The van der Waals surface area contributed by atoms with Crippen molar-refractivity contribution in [3.8, 4) is 5.75 Å². The fourth-order valence-electron chi connectivity index (χ4n) is 1.78. The van der Waals surface area contributed by atoms with Crippen molar-refractivity contribution < 1.29 is 23.1 Å². The summed E-state index contributed by atoms with van der Waals surface area (Å²) in [4.78, 5) is 10.3. The number of benzene rings is 2. The van der Waals surface area contributed by atoms with E-state index in [0.29, 0.717) is 10.8 Å². The highest BCUT2D eigenvalue weighted by atomic mass is 19.4. The maximum Gasteiger partial charge on any atom is 0.493 e. The summed E-state index contributed by atoms with van der Waals surface area (Å²) in [5.41, 5.74) is 4.03. The van der Waals surface area contributed by atoms with Gasteiger partial charge >= 0.3 is 12.3 Å². The SMILES string of the molecule is NC(=O)N(c1cc2ccccc2cc1O)C(F)(F)F. The van der Waals surface area contributed by atoms with Crippen molar-refractivity contribution in [2.24, 2.45) is 5.73 Å². The summed E-state index contributed by atoms with van der Waals surface area (Å²) in [6.45, 7) is 0. The van der Waals surface area contributed by atoms with Crippen LogP contribution in [0.4, 0.5) is 23.7 Å². The van der Waals surface area contributed by atoms with Crippen LogP contribution in [0.3, 0.4) is 0 Å². The van der Waals surface area contributed by atoms with Gasteiger partial charge in [0.15, 0.2) is 0 Å². The minimum absolute atomic E-state index is 0.450. The lowest BCUT2D eigenvalue weighted by Crippen LogP contribution is -2.46. The number of nitrogens with two attached hydrogens (primary N) is 1. The number of anilines is 1. The van der Waals surface area contributed by atoms with Crippen LogP contribution in [0.5, 0.6) is 5.75 Å². The van der Waals surface area contributed by atoms with Crippen LogP contribution in [0, 0.1) is 0 Å². The van der Waals surface area contributed by atoms with Crippen molar-refractivity contribution in [1.82, 2.24) is 0 Å². The predicted molar refractivity (Wildman–Crippen MR) is 63.7 cm³/mol. The summed E-state index contributed by atoms with van der Waals surface area (Å²) in [6, 6.07) is 6.99. The summed E-state index contributed by atoms with van der Waals surface area (Å²) >= 11 is 0. The van der Waals surface area contributed by atoms with E-state index in [-0.39, 0.29) is 0 Å². The van der Waals surface area contributed by atoms with Crippen molar-refractivity contribution >= 4 is 22.5 Å². The third kappa shape index (κ3) is 2.40. The highest BCUT2D eigenvalue weighted by Crippen LogP contribution is 2.37. The first-order valence-corrected chi connectivity index (χ1v) is 5.19. The van der Waals surface area contributed by atoms with Crippen LogP contribution in [-0.4, -0.2) is 17.4 Å². The number of halogens is 3. The number of phenolic OH excluding ortho intramolecular Hbond substituents is 1. The zero-order chi connectivity index (χ0) is 14.2. The van der Waals surface area contributed by atoms with Crippen LogP contribution < -0.4 is 10.6 Å². The molecule has 3 N–H and O–H groups in total. The van der Waals surface area contributed by atoms with Crippen molar-refractivity contribution in [2.45, 2.75) is 6.30 Å². The molecule has 0 atom stereocenters. The van der Waals surface area contributed by atoms with E-state index in [4.69, 9.17) is 5.73 Å². The first kappa shape index (κ1) is 13.0. The summed E-state index contributed by atoms with van der Waals surface area (Å²) < 4.78 is 38.3. The minimum Gasteiger partial charge on any atom is -0.506 e. The van der Waals surface area contributed by atoms with E-state index in [1.54, 1.807) is 24.3 Å². The molecule has 7 heteroatoms. The van der Waals surface area contributed by atoms with Crippen LogP contribution in [0.15, 0.2) is 36.4 Å². The highest BCUT2D eigenvalue weighted by molar-refractivity contribution is 5.97. The van der Waals surface area contributed by atoms with Crippen molar-refractivity contribution in [1.29, 1.82) is 0 Å². The molecule has 0 spiro atoms. The average molecular weight is 270 g/mol. The maximum absolute atomic E-state index is 12.8. The standard InChI is InChI=1S/C12H9F3N2O2/c13-12(14,15)17(11(16)19)9-5-7-3-1-2-4-8(7)6-10(9)18/h1-6,18H,(H2,16,19). The molecule has 4 nitrogen and oxygen atoms in total. The molecule has 0 saturated carbocycles. The number of primary amides is 1. The van der Waals surface area contributed by atoms with Crippen LogP contribution in [0.1, 0.15) is 0 Å². The molecule has 0 fully saturated rings. The minimum atomic E-state index is -5.01. The average Bonchev–Trinajstić information content (AvgIpc) is 2.27. The van der Waals surface area contributed by atoms with Gasteiger partial charge < -0.3 is 10.8 Å². The number of carbonyl (C=O) groups excluding carboxylic acids is 1. The molecule has 0 aliphatic rings. The Labute approximate surface area is 105 Å². The third-order valence-corrected chi connectivity index (χ3v) is 2.56. The zero-order valence-electron chi connectivity index (χ0n) is 9.48. The van der Waals surface area contributed by atoms with E-state index < -0.39 is 28.7 Å². The number of alkyl halides is 3. The molecule has 2 aromatic rings. The van der Waals surface area contributed by atoms with Gasteiger partial charge in [-0.25, -0.2) is 9.69 Å². The second-order valence-electron chi connectivity index (χ2n) is 3.83. The lowest BCUT2D eigenvalue weighted by atomic mass is 10.1. The Hall–Kier alpha value is -2.44. The lowest BCUT2D eigenvalue weighted by Gasteiger charge is -2.24. The Morgan fingerprint density at radius 3 is 2.16 bits per heavy atom. The second kappa shape index (κ2) is 4.34. The van der Waals surface area contributed by atoms with Gasteiger partial charge in [-0.3, -0.25) is 0 Å². The number of nitrogens with zero attached hydrogens (tertiary/aromatic N) is 1. The zero-order valence-corrected chi connectivity index (χ0v) is 9.48. The van der Waals surface area contributed by atoms with Gasteiger partial charge in [-0.05, 0) is 22.9 Å². The number of rotatable bonds is 1. The van der Waals surface area contributed by atoms with Crippen LogP contribution in [0.25, 0.3) is 10.8 Å². The van der Waals surface area contributed by atoms with Crippen molar-refractivity contribution in [2.75, 3.05) is 4.90 Å². The van der Waals surface area contributed by atoms with Crippen molar-refractivity contribution in [3.63, 3.8) is 0 Å². The Bertz CT molecular complexity index is 640. The van der Waals surface area contributed by atoms with Gasteiger partial charge in [0.2, 0.25) is 0 Å². The van der Waals surface area contributed by atoms with Crippen LogP contribution in [-0.2, 0) is 0 Å². The number of hydrogen-bond acceptors (Lipinski definition) is 2. The van der Waals surface area contributed by atoms with E-state index in [9.17, 15) is 23.1 Å². The number of fused-ring (bicyclic) bond motifs is 1. The largest absolute Gasteiger partial charge is 0.506 e. The summed E-state index contributed by atoms with van der Waals surface area (Å²) in [6.07, 6.45) is -5.01. The Kier molecular flexibility index (Phi) is 2.97. The molecule has 0 aliphatic heterocycles. The number of urea groups is 1. The van der Waals surface area contributed by atoms with Gasteiger partial charge in [0.25, 0.3) is 0 Å². The molecule has 2 amide bonds. The van der Waals surface area contributed by atoms with E-state index >= 15 is 0 Å². The highest BCUT2D eigenvalue weighted by Gasteiger charge is 2.42. The molecule has 0 radical (unpaired) electrons. The van der Waals surface area contributed by atoms with E-state index in [2.05, 4.69) is 0 Å². The molecule has 0 aliphatic carbocycles. The number of hydrogen-bond donors (Lipinski definition) is 2. The normalized spacial score (nSPS) is 11.5. The molecule has 0 bridgehead atoms. The molecule has 2 rings (SSSR count). The quantitative estimate of drug-likeness (QED) is 0.782. The third-order valence-electron chi connectivity index (χ3n) is 2.56. The molecular weight excluding hydrogens is 261 g/mol. The number of carbonyl (C=O) groups is 1. The fourth-order valence-corrected chi connectivity index (χ4v) is 1.78. The van der Waals surface area contributed by atoms with Gasteiger partial charge in [0.1, 0.15) is 5.75 Å². The number of phenols is 1. The fraction of sp³-hybridized carbons (Fsp3) is 0.0833. The first-order valence-electron chi connectivity index (χ1n) is 5.19. The maximum atomic E-state index is 12.8. The van der Waals surface area contributed by atoms with E-state index in [0.717, 1.165) is 12.1 Å². The molecule has 19 heavy (non-hydrogen) atoms. The molecule has 0 unspecified atom stereocenters. The molecule has 100 valence electrons. The molecule has 0 aromatic heterocycles. The Morgan fingerprint density at radius 2 is 1.68 bits per heavy atom. The van der Waals surface area contributed by atoms with Gasteiger partial charge in [0, 0.05) is 0 Å². The molecular formula is C12H9F3N2O2. The Balaban J connectivity index is 2.66. The van der Waals surface area contributed by atoms with E-state index in [1.807, 2.05) is 0 Å². The second-order valence-corrected chi connectivity index (χ2v) is 3.83. The summed E-state index contributed by atoms with van der Waals surface area (Å²) in [5.74, 6) is -0.671. The first-order chi connectivity index (χ1) is 8.80. The molecule has 2 aromatic carbocycles. The van der Waals surface area contributed by atoms with Gasteiger partial charge in [-0.1, -0.05) is 24.3 Å². The topological polar surface area (TPSA) is 66.6 Å². The van der Waals surface area contributed by atoms with Gasteiger partial charge in [-0.15, -0.1) is 13.2 Å². The lowest BCUT2D eigenvalue weighted by molar-refractivity contribution is -0.121. The smallest absolute Gasteiger partial charge is 0.493 e. The summed E-state index contributed by atoms with van der Waals surface area (Å²) in [7, 11) is 0. The molecule has 0 saturated heterocycles. The predicted octanol–water partition coefficient (Wildman–Crippen LogP) is 2.95.